The van der Waals surface area contributed by atoms with Gasteiger partial charge in [-0.3, -0.25) is 0 Å². The number of alkyl halides is 1. The smallest absolute Gasteiger partial charge is 0.160 e. The lowest BCUT2D eigenvalue weighted by Crippen LogP contribution is -2.37. The fraction of sp³-hybridized carbons (Fsp3) is 0.692. The maximum atomic E-state index is 15.0. The zero-order chi connectivity index (χ0) is 21.8. The lowest BCUT2D eigenvalue weighted by atomic mass is 9.76. The van der Waals surface area contributed by atoms with Gasteiger partial charge in [-0.05, 0) is 86.5 Å². The second-order valence-corrected chi connectivity index (χ2v) is 9.82. The first-order valence-electron chi connectivity index (χ1n) is 12.0. The third kappa shape index (κ3) is 5.54. The third-order valence-corrected chi connectivity index (χ3v) is 7.57. The second kappa shape index (κ2) is 10.5. The Morgan fingerprint density at radius 1 is 0.968 bits per heavy atom. The highest BCUT2D eigenvalue weighted by atomic mass is 19.1. The van der Waals surface area contributed by atoms with Gasteiger partial charge in [0.2, 0.25) is 0 Å². The van der Waals surface area contributed by atoms with Gasteiger partial charge in [0.15, 0.2) is 6.29 Å². The molecule has 0 spiro atoms. The van der Waals surface area contributed by atoms with Crippen LogP contribution in [0.1, 0.15) is 81.3 Å². The number of hydrogen-bond donors (Lipinski definition) is 0. The number of halogens is 3. The highest BCUT2D eigenvalue weighted by molar-refractivity contribution is 5.30. The molecular weight excluding hydrogens is 401 g/mol. The average Bonchev–Trinajstić information content (AvgIpc) is 2.80. The molecule has 1 aromatic carbocycles. The number of benzene rings is 1. The van der Waals surface area contributed by atoms with E-state index in [-0.39, 0.29) is 29.8 Å². The SMILES string of the molecule is CC1COC(C2CCC(c3ccc(C4CCC(/C(F)=C/CF)CC4)c(F)c3)CC2)OC1. The highest BCUT2D eigenvalue weighted by Gasteiger charge is 2.32. The van der Waals surface area contributed by atoms with E-state index in [9.17, 15) is 13.2 Å². The first kappa shape index (κ1) is 22.8. The third-order valence-electron chi connectivity index (χ3n) is 7.57. The summed E-state index contributed by atoms with van der Waals surface area (Å²) in [6, 6.07) is 5.77. The van der Waals surface area contributed by atoms with Gasteiger partial charge < -0.3 is 9.47 Å². The molecule has 0 N–H and O–H groups in total. The lowest BCUT2D eigenvalue weighted by Gasteiger charge is -2.37. The van der Waals surface area contributed by atoms with E-state index in [4.69, 9.17) is 9.47 Å². The van der Waals surface area contributed by atoms with Crippen LogP contribution in [-0.4, -0.2) is 26.2 Å². The summed E-state index contributed by atoms with van der Waals surface area (Å²) in [6.07, 6.45) is 7.94. The van der Waals surface area contributed by atoms with Crippen molar-refractivity contribution in [3.05, 3.63) is 47.0 Å². The van der Waals surface area contributed by atoms with Gasteiger partial charge in [0.1, 0.15) is 18.3 Å². The predicted octanol–water partition coefficient (Wildman–Crippen LogP) is 7.21. The topological polar surface area (TPSA) is 18.5 Å². The molecule has 172 valence electrons. The first-order chi connectivity index (χ1) is 15.0. The van der Waals surface area contributed by atoms with Crippen LogP contribution in [0, 0.1) is 23.6 Å². The lowest BCUT2D eigenvalue weighted by molar-refractivity contribution is -0.226. The Morgan fingerprint density at radius 3 is 2.23 bits per heavy atom. The van der Waals surface area contributed by atoms with Crippen LogP contribution in [0.2, 0.25) is 0 Å². The summed E-state index contributed by atoms with van der Waals surface area (Å²) in [5.74, 6) is 0.747. The van der Waals surface area contributed by atoms with Crippen molar-refractivity contribution >= 4 is 0 Å². The van der Waals surface area contributed by atoms with Gasteiger partial charge in [0, 0.05) is 17.8 Å². The normalized spacial score (nSPS) is 35.2. The van der Waals surface area contributed by atoms with Crippen molar-refractivity contribution in [3.8, 4) is 0 Å². The molecule has 3 aliphatic rings. The van der Waals surface area contributed by atoms with E-state index in [1.54, 1.807) is 6.07 Å². The molecule has 5 heteroatoms. The van der Waals surface area contributed by atoms with Gasteiger partial charge in [-0.25, -0.2) is 13.2 Å². The van der Waals surface area contributed by atoms with Crippen molar-refractivity contribution in [2.45, 2.75) is 76.4 Å². The van der Waals surface area contributed by atoms with Crippen LogP contribution < -0.4 is 0 Å². The summed E-state index contributed by atoms with van der Waals surface area (Å²) in [4.78, 5) is 0. The number of hydrogen-bond acceptors (Lipinski definition) is 2. The maximum absolute atomic E-state index is 15.0. The van der Waals surface area contributed by atoms with E-state index >= 15 is 0 Å². The largest absolute Gasteiger partial charge is 0.352 e. The molecule has 1 aliphatic heterocycles. The van der Waals surface area contributed by atoms with Gasteiger partial charge in [-0.2, -0.15) is 0 Å². The minimum Gasteiger partial charge on any atom is -0.352 e. The standard InChI is InChI=1S/C26H35F3O2/c1-17-15-30-26(31-16-17)21-8-2-18(3-9-21)22-10-11-23(25(29)14-22)19-4-6-20(7-5-19)24(28)12-13-27/h10-12,14,17-21,26H,2-9,13,15-16H2,1H3/b24-12-. The Balaban J connectivity index is 1.31. The highest BCUT2D eigenvalue weighted by Crippen LogP contribution is 2.42. The molecule has 31 heavy (non-hydrogen) atoms. The summed E-state index contributed by atoms with van der Waals surface area (Å²) in [7, 11) is 0. The van der Waals surface area contributed by atoms with Crippen molar-refractivity contribution in [2.24, 2.45) is 17.8 Å². The number of rotatable bonds is 5. The molecule has 2 saturated carbocycles. The molecule has 1 saturated heterocycles. The van der Waals surface area contributed by atoms with Crippen LogP contribution >= 0.6 is 0 Å². The molecule has 0 atom stereocenters. The summed E-state index contributed by atoms with van der Waals surface area (Å²) in [6.45, 7) is 2.93. The fourth-order valence-corrected chi connectivity index (χ4v) is 5.66. The molecule has 2 aliphatic carbocycles. The molecular formula is C26H35F3O2. The molecule has 2 nitrogen and oxygen atoms in total. The summed E-state index contributed by atoms with van der Waals surface area (Å²) in [5, 5.41) is 0. The molecule has 0 unspecified atom stereocenters. The number of allylic oxidation sites excluding steroid dienone is 2. The van der Waals surface area contributed by atoms with Gasteiger partial charge in [0.05, 0.1) is 13.2 Å². The maximum Gasteiger partial charge on any atom is 0.160 e. The Hall–Kier alpha value is -1.33. The molecule has 4 rings (SSSR count). The van der Waals surface area contributed by atoms with Gasteiger partial charge in [0.25, 0.3) is 0 Å². The monoisotopic (exact) mass is 436 g/mol. The van der Waals surface area contributed by atoms with Crippen molar-refractivity contribution in [1.82, 2.24) is 0 Å². The average molecular weight is 437 g/mol. The molecule has 1 aromatic rings. The van der Waals surface area contributed by atoms with Gasteiger partial charge in [-0.15, -0.1) is 0 Å². The minimum absolute atomic E-state index is 0.0732. The van der Waals surface area contributed by atoms with Crippen LogP contribution in [0.15, 0.2) is 30.1 Å². The number of ether oxygens (including phenoxy) is 2. The van der Waals surface area contributed by atoms with Crippen molar-refractivity contribution in [3.63, 3.8) is 0 Å². The molecule has 0 amide bonds. The van der Waals surface area contributed by atoms with E-state index in [0.29, 0.717) is 30.6 Å². The molecule has 1 heterocycles. The van der Waals surface area contributed by atoms with Crippen molar-refractivity contribution in [2.75, 3.05) is 19.9 Å². The Labute approximate surface area is 184 Å². The first-order valence-corrected chi connectivity index (χ1v) is 12.0. The Kier molecular flexibility index (Phi) is 7.76. The molecule has 0 radical (unpaired) electrons. The van der Waals surface area contributed by atoms with Crippen LogP contribution in [0.5, 0.6) is 0 Å². The van der Waals surface area contributed by atoms with Crippen LogP contribution in [-0.2, 0) is 9.47 Å². The van der Waals surface area contributed by atoms with Crippen LogP contribution in [0.3, 0.4) is 0 Å². The fourth-order valence-electron chi connectivity index (χ4n) is 5.66. The summed E-state index contributed by atoms with van der Waals surface area (Å²) in [5.41, 5.74) is 1.84. The predicted molar refractivity (Wildman–Crippen MR) is 116 cm³/mol. The van der Waals surface area contributed by atoms with Crippen molar-refractivity contribution < 1.29 is 22.6 Å². The molecule has 3 fully saturated rings. The Morgan fingerprint density at radius 2 is 1.61 bits per heavy atom. The van der Waals surface area contributed by atoms with E-state index < -0.39 is 6.67 Å². The Bertz CT molecular complexity index is 741. The van der Waals surface area contributed by atoms with Crippen molar-refractivity contribution in [1.29, 1.82) is 0 Å². The second-order valence-electron chi connectivity index (χ2n) is 9.82. The van der Waals surface area contributed by atoms with E-state index in [1.807, 2.05) is 6.07 Å². The quantitative estimate of drug-likeness (QED) is 0.486. The zero-order valence-electron chi connectivity index (χ0n) is 18.5. The molecule has 0 aromatic heterocycles. The van der Waals surface area contributed by atoms with E-state index in [1.165, 1.54) is 0 Å². The van der Waals surface area contributed by atoms with Crippen LogP contribution in [0.25, 0.3) is 0 Å². The molecule has 0 bridgehead atoms. The van der Waals surface area contributed by atoms with Gasteiger partial charge in [-0.1, -0.05) is 19.1 Å². The minimum atomic E-state index is -0.760. The summed E-state index contributed by atoms with van der Waals surface area (Å²) >= 11 is 0. The van der Waals surface area contributed by atoms with E-state index in [2.05, 4.69) is 13.0 Å². The zero-order valence-corrected chi connectivity index (χ0v) is 18.5. The van der Waals surface area contributed by atoms with Crippen LogP contribution in [0.4, 0.5) is 13.2 Å². The van der Waals surface area contributed by atoms with Gasteiger partial charge >= 0.3 is 0 Å². The van der Waals surface area contributed by atoms with E-state index in [0.717, 1.165) is 68.9 Å². The summed E-state index contributed by atoms with van der Waals surface area (Å²) < 4.78 is 52.9.